The summed E-state index contributed by atoms with van der Waals surface area (Å²) in [5.41, 5.74) is -0.654. The molecule has 0 aromatic heterocycles. The van der Waals surface area contributed by atoms with E-state index in [1.165, 1.54) is 6.42 Å². The predicted molar refractivity (Wildman–Crippen MR) is 63.8 cm³/mol. The Hall–Kier alpha value is -0.810. The van der Waals surface area contributed by atoms with Gasteiger partial charge < -0.3 is 20.5 Å². The Balaban J connectivity index is 1.57. The van der Waals surface area contributed by atoms with Gasteiger partial charge >= 0.3 is 6.03 Å². The van der Waals surface area contributed by atoms with Crippen LogP contribution in [0.5, 0.6) is 0 Å². The lowest BCUT2D eigenvalue weighted by Gasteiger charge is -2.36. The van der Waals surface area contributed by atoms with Crippen LogP contribution in [0.1, 0.15) is 38.5 Å². The largest absolute Gasteiger partial charge is 0.388 e. The lowest BCUT2D eigenvalue weighted by molar-refractivity contribution is -0.0291. The molecule has 3 N–H and O–H groups in total. The van der Waals surface area contributed by atoms with Crippen LogP contribution in [0.25, 0.3) is 0 Å². The van der Waals surface area contributed by atoms with Crippen molar-refractivity contribution in [2.75, 3.05) is 19.7 Å². The van der Waals surface area contributed by atoms with Crippen LogP contribution in [-0.2, 0) is 4.74 Å². The molecule has 0 spiro atoms. The minimum atomic E-state index is -0.654. The van der Waals surface area contributed by atoms with E-state index in [2.05, 4.69) is 10.6 Å². The quantitative estimate of drug-likeness (QED) is 0.682. The van der Waals surface area contributed by atoms with Crippen molar-refractivity contribution >= 4 is 6.03 Å². The molecule has 1 aliphatic heterocycles. The molecular formula is C12H22N2O3. The third-order valence-electron chi connectivity index (χ3n) is 3.63. The monoisotopic (exact) mass is 242 g/mol. The third-order valence-corrected chi connectivity index (χ3v) is 3.63. The zero-order valence-corrected chi connectivity index (χ0v) is 10.2. The molecule has 2 rings (SSSR count). The first-order valence-corrected chi connectivity index (χ1v) is 6.54. The molecule has 1 saturated carbocycles. The zero-order valence-electron chi connectivity index (χ0n) is 10.2. The summed E-state index contributed by atoms with van der Waals surface area (Å²) < 4.78 is 5.51. The highest BCUT2D eigenvalue weighted by atomic mass is 16.5. The van der Waals surface area contributed by atoms with E-state index in [-0.39, 0.29) is 12.1 Å². The average molecular weight is 242 g/mol. The van der Waals surface area contributed by atoms with Crippen molar-refractivity contribution < 1.29 is 14.6 Å². The van der Waals surface area contributed by atoms with E-state index in [4.69, 9.17) is 4.74 Å². The van der Waals surface area contributed by atoms with Crippen molar-refractivity contribution in [1.82, 2.24) is 10.6 Å². The fraction of sp³-hybridized carbons (Fsp3) is 0.917. The van der Waals surface area contributed by atoms with E-state index >= 15 is 0 Å². The maximum atomic E-state index is 11.5. The number of ether oxygens (including phenoxy) is 1. The lowest BCUT2D eigenvalue weighted by Crippen LogP contribution is -2.51. The van der Waals surface area contributed by atoms with Crippen molar-refractivity contribution in [2.24, 2.45) is 0 Å². The molecule has 1 unspecified atom stereocenters. The number of hydrogen-bond donors (Lipinski definition) is 3. The molecule has 2 amide bonds. The van der Waals surface area contributed by atoms with Crippen LogP contribution in [0.15, 0.2) is 0 Å². The van der Waals surface area contributed by atoms with Gasteiger partial charge in [0.25, 0.3) is 0 Å². The molecule has 98 valence electrons. The Morgan fingerprint density at radius 1 is 1.29 bits per heavy atom. The van der Waals surface area contributed by atoms with Gasteiger partial charge in [-0.05, 0) is 38.5 Å². The smallest absolute Gasteiger partial charge is 0.314 e. The molecule has 2 fully saturated rings. The maximum absolute atomic E-state index is 11.5. The summed E-state index contributed by atoms with van der Waals surface area (Å²) in [5.74, 6) is 0. The maximum Gasteiger partial charge on any atom is 0.314 e. The average Bonchev–Trinajstić information content (AvgIpc) is 2.33. The molecule has 0 aromatic carbocycles. The molecule has 1 atom stereocenters. The summed E-state index contributed by atoms with van der Waals surface area (Å²) in [4.78, 5) is 11.5. The van der Waals surface area contributed by atoms with Crippen molar-refractivity contribution in [3.63, 3.8) is 0 Å². The van der Waals surface area contributed by atoms with Crippen LogP contribution in [0, 0.1) is 0 Å². The second-order valence-corrected chi connectivity index (χ2v) is 5.13. The second kappa shape index (κ2) is 5.69. The van der Waals surface area contributed by atoms with Crippen LogP contribution >= 0.6 is 0 Å². The first-order valence-electron chi connectivity index (χ1n) is 6.54. The van der Waals surface area contributed by atoms with Crippen molar-refractivity contribution in [1.29, 1.82) is 0 Å². The number of nitrogens with one attached hydrogen (secondary N) is 2. The lowest BCUT2D eigenvalue weighted by atomic mass is 9.80. The van der Waals surface area contributed by atoms with Crippen LogP contribution in [0.4, 0.5) is 4.79 Å². The number of urea groups is 1. The molecule has 17 heavy (non-hydrogen) atoms. The summed E-state index contributed by atoms with van der Waals surface area (Å²) in [7, 11) is 0. The Kier molecular flexibility index (Phi) is 4.23. The van der Waals surface area contributed by atoms with Gasteiger partial charge in [-0.15, -0.1) is 0 Å². The van der Waals surface area contributed by atoms with E-state index in [9.17, 15) is 9.90 Å². The fourth-order valence-corrected chi connectivity index (χ4v) is 2.24. The summed E-state index contributed by atoms with van der Waals surface area (Å²) in [6, 6.07) is -0.209. The molecular weight excluding hydrogens is 220 g/mol. The van der Waals surface area contributed by atoms with Crippen molar-refractivity contribution in [3.05, 3.63) is 0 Å². The van der Waals surface area contributed by atoms with Gasteiger partial charge in [-0.1, -0.05) is 0 Å². The van der Waals surface area contributed by atoms with Gasteiger partial charge in [0, 0.05) is 19.7 Å². The standard InChI is InChI=1S/C12H22N2O3/c15-11(14-9-12(16)5-3-6-12)13-8-10-4-1-2-7-17-10/h10,16H,1-9H2,(H2,13,14,15). The number of aliphatic hydroxyl groups is 1. The topological polar surface area (TPSA) is 70.6 Å². The van der Waals surface area contributed by atoms with E-state index < -0.39 is 5.60 Å². The molecule has 1 saturated heterocycles. The van der Waals surface area contributed by atoms with E-state index in [0.717, 1.165) is 38.7 Å². The Morgan fingerprint density at radius 2 is 2.12 bits per heavy atom. The molecule has 0 aromatic rings. The van der Waals surface area contributed by atoms with E-state index in [1.807, 2.05) is 0 Å². The summed E-state index contributed by atoms with van der Waals surface area (Å²) in [6.07, 6.45) is 6.10. The van der Waals surface area contributed by atoms with Gasteiger partial charge in [0.05, 0.1) is 11.7 Å². The second-order valence-electron chi connectivity index (χ2n) is 5.13. The SMILES string of the molecule is O=C(NCC1CCCCO1)NCC1(O)CCC1. The number of carbonyl (C=O) groups is 1. The number of amides is 2. The van der Waals surface area contributed by atoms with Gasteiger partial charge in [-0.3, -0.25) is 0 Å². The Morgan fingerprint density at radius 3 is 2.71 bits per heavy atom. The first-order chi connectivity index (χ1) is 8.18. The molecule has 5 nitrogen and oxygen atoms in total. The highest BCUT2D eigenvalue weighted by molar-refractivity contribution is 5.73. The fourth-order valence-electron chi connectivity index (χ4n) is 2.24. The summed E-state index contributed by atoms with van der Waals surface area (Å²) in [6.45, 7) is 1.71. The van der Waals surface area contributed by atoms with Crippen LogP contribution < -0.4 is 10.6 Å². The Bertz CT molecular complexity index is 260. The highest BCUT2D eigenvalue weighted by Crippen LogP contribution is 2.30. The molecule has 1 heterocycles. The van der Waals surface area contributed by atoms with E-state index in [0.29, 0.717) is 13.1 Å². The summed E-state index contributed by atoms with van der Waals surface area (Å²) >= 11 is 0. The molecule has 5 heteroatoms. The van der Waals surface area contributed by atoms with Crippen LogP contribution in [-0.4, -0.2) is 42.5 Å². The third kappa shape index (κ3) is 3.85. The van der Waals surface area contributed by atoms with Crippen molar-refractivity contribution in [2.45, 2.75) is 50.2 Å². The van der Waals surface area contributed by atoms with Crippen LogP contribution in [0.2, 0.25) is 0 Å². The predicted octanol–water partition coefficient (Wildman–Crippen LogP) is 0.770. The number of hydrogen-bond acceptors (Lipinski definition) is 3. The molecule has 0 bridgehead atoms. The first kappa shape index (κ1) is 12.6. The Labute approximate surface area is 102 Å². The minimum absolute atomic E-state index is 0.154. The van der Waals surface area contributed by atoms with Gasteiger partial charge in [0.1, 0.15) is 0 Å². The number of carbonyl (C=O) groups excluding carboxylic acids is 1. The number of rotatable bonds is 4. The zero-order chi connectivity index (χ0) is 12.1. The highest BCUT2D eigenvalue weighted by Gasteiger charge is 2.34. The molecule has 1 aliphatic carbocycles. The van der Waals surface area contributed by atoms with Gasteiger partial charge in [-0.25, -0.2) is 4.79 Å². The normalized spacial score (nSPS) is 27.0. The van der Waals surface area contributed by atoms with Gasteiger partial charge in [0.2, 0.25) is 0 Å². The van der Waals surface area contributed by atoms with Crippen molar-refractivity contribution in [3.8, 4) is 0 Å². The van der Waals surface area contributed by atoms with Gasteiger partial charge in [-0.2, -0.15) is 0 Å². The minimum Gasteiger partial charge on any atom is -0.388 e. The summed E-state index contributed by atoms with van der Waals surface area (Å²) in [5, 5.41) is 15.3. The molecule has 2 aliphatic rings. The van der Waals surface area contributed by atoms with Gasteiger partial charge in [0.15, 0.2) is 0 Å². The molecule has 0 radical (unpaired) electrons. The van der Waals surface area contributed by atoms with Crippen LogP contribution in [0.3, 0.4) is 0 Å². The van der Waals surface area contributed by atoms with E-state index in [1.54, 1.807) is 0 Å².